The summed E-state index contributed by atoms with van der Waals surface area (Å²) in [5, 5.41) is 3.02. The third-order valence-corrected chi connectivity index (χ3v) is 5.54. The van der Waals surface area contributed by atoms with E-state index in [4.69, 9.17) is 0 Å². The fourth-order valence-corrected chi connectivity index (χ4v) is 4.43. The van der Waals surface area contributed by atoms with Gasteiger partial charge < -0.3 is 5.32 Å². The molecule has 0 aliphatic rings. The number of hydrogen-bond donors (Lipinski definition) is 1. The summed E-state index contributed by atoms with van der Waals surface area (Å²) in [5.41, 5.74) is 2.44. The largest absolute Gasteiger partial charge is 0.351 e. The molecule has 6 heteroatoms. The molecule has 1 N–H and O–H groups in total. The quantitative estimate of drug-likeness (QED) is 0.803. The number of nitrogens with one attached hydrogen (secondary N) is 1. The van der Waals surface area contributed by atoms with Gasteiger partial charge in [-0.1, -0.05) is 33.8 Å². The maximum Gasteiger partial charge on any atom is 0.243 e. The second-order valence-electron chi connectivity index (χ2n) is 7.60. The highest BCUT2D eigenvalue weighted by Crippen LogP contribution is 2.24. The molecular weight excluding hydrogens is 336 g/mol. The van der Waals surface area contributed by atoms with E-state index < -0.39 is 16.1 Å². The summed E-state index contributed by atoms with van der Waals surface area (Å²) in [5.74, 6) is 0.255. The van der Waals surface area contributed by atoms with Crippen LogP contribution in [0.4, 0.5) is 5.69 Å². The molecule has 1 aromatic rings. The molecule has 142 valence electrons. The van der Waals surface area contributed by atoms with Crippen LogP contribution in [0.2, 0.25) is 0 Å². The fourth-order valence-electron chi connectivity index (χ4n) is 3.27. The van der Waals surface area contributed by atoms with Gasteiger partial charge in [0.1, 0.15) is 6.04 Å². The van der Waals surface area contributed by atoms with Gasteiger partial charge in [0, 0.05) is 6.04 Å². The van der Waals surface area contributed by atoms with E-state index in [1.54, 1.807) is 19.1 Å². The molecular formula is C19H32N2O3S. The Morgan fingerprint density at radius 1 is 0.960 bits per heavy atom. The summed E-state index contributed by atoms with van der Waals surface area (Å²) in [7, 11) is -3.60. The maximum absolute atomic E-state index is 12.8. The summed E-state index contributed by atoms with van der Waals surface area (Å²) in [6.45, 7) is 13.7. The Morgan fingerprint density at radius 3 is 1.76 bits per heavy atom. The van der Waals surface area contributed by atoms with Gasteiger partial charge >= 0.3 is 0 Å². The number of carbonyl (C=O) groups is 1. The second-order valence-corrected chi connectivity index (χ2v) is 9.46. The SMILES string of the molecule is Cc1cc(C)cc(N([C@H](C)C(=O)NC(C(C)C)C(C)C)S(C)(=O)=O)c1. The van der Waals surface area contributed by atoms with E-state index in [9.17, 15) is 13.2 Å². The first-order valence-corrected chi connectivity index (χ1v) is 10.6. The Morgan fingerprint density at radius 2 is 1.40 bits per heavy atom. The minimum atomic E-state index is -3.60. The summed E-state index contributed by atoms with van der Waals surface area (Å²) >= 11 is 0. The number of carbonyl (C=O) groups excluding carboxylic acids is 1. The molecule has 1 aromatic carbocycles. The van der Waals surface area contributed by atoms with Crippen LogP contribution in [-0.4, -0.2) is 32.7 Å². The molecule has 0 spiro atoms. The Kier molecular flexibility index (Phi) is 7.06. The maximum atomic E-state index is 12.8. The Hall–Kier alpha value is -1.56. The fraction of sp³-hybridized carbons (Fsp3) is 0.632. The molecule has 25 heavy (non-hydrogen) atoms. The molecule has 1 amide bonds. The smallest absolute Gasteiger partial charge is 0.243 e. The Balaban J connectivity index is 3.22. The zero-order valence-corrected chi connectivity index (χ0v) is 17.4. The normalized spacial score (nSPS) is 13.4. The first-order chi connectivity index (χ1) is 11.3. The van der Waals surface area contributed by atoms with E-state index in [1.165, 1.54) is 4.31 Å². The van der Waals surface area contributed by atoms with Crippen molar-refractivity contribution in [3.8, 4) is 0 Å². The summed E-state index contributed by atoms with van der Waals surface area (Å²) in [6.07, 6.45) is 1.14. The predicted octanol–water partition coefficient (Wildman–Crippen LogP) is 3.25. The van der Waals surface area contributed by atoms with Crippen molar-refractivity contribution in [1.82, 2.24) is 5.32 Å². The van der Waals surface area contributed by atoms with Gasteiger partial charge in [0.25, 0.3) is 0 Å². The van der Waals surface area contributed by atoms with Crippen LogP contribution in [-0.2, 0) is 14.8 Å². The minimum absolute atomic E-state index is 0.00407. The van der Waals surface area contributed by atoms with Crippen molar-refractivity contribution in [2.24, 2.45) is 11.8 Å². The van der Waals surface area contributed by atoms with Crippen molar-refractivity contribution < 1.29 is 13.2 Å². The molecule has 0 fully saturated rings. The van der Waals surface area contributed by atoms with Crippen LogP contribution in [0, 0.1) is 25.7 Å². The molecule has 5 nitrogen and oxygen atoms in total. The van der Waals surface area contributed by atoms with E-state index in [1.807, 2.05) is 47.6 Å². The van der Waals surface area contributed by atoms with Gasteiger partial charge in [-0.05, 0) is 55.9 Å². The van der Waals surface area contributed by atoms with Crippen LogP contribution in [0.25, 0.3) is 0 Å². The van der Waals surface area contributed by atoms with Gasteiger partial charge in [-0.2, -0.15) is 0 Å². The van der Waals surface area contributed by atoms with Crippen LogP contribution in [0.3, 0.4) is 0 Å². The lowest BCUT2D eigenvalue weighted by atomic mass is 9.93. The van der Waals surface area contributed by atoms with Crippen molar-refractivity contribution in [2.75, 3.05) is 10.6 Å². The molecule has 0 aromatic heterocycles. The highest BCUT2D eigenvalue weighted by molar-refractivity contribution is 7.92. The molecule has 1 rings (SSSR count). The van der Waals surface area contributed by atoms with Gasteiger partial charge in [-0.25, -0.2) is 8.42 Å². The third-order valence-electron chi connectivity index (χ3n) is 4.29. The summed E-state index contributed by atoms with van der Waals surface area (Å²) in [6, 6.07) is 4.73. The van der Waals surface area contributed by atoms with Gasteiger partial charge in [0.15, 0.2) is 0 Å². The van der Waals surface area contributed by atoms with Gasteiger partial charge in [-0.15, -0.1) is 0 Å². The number of benzene rings is 1. The number of nitrogens with zero attached hydrogens (tertiary/aromatic N) is 1. The topological polar surface area (TPSA) is 66.5 Å². The van der Waals surface area contributed by atoms with Crippen LogP contribution < -0.4 is 9.62 Å². The molecule has 0 aliphatic carbocycles. The van der Waals surface area contributed by atoms with Gasteiger partial charge in [0.2, 0.25) is 15.9 Å². The minimum Gasteiger partial charge on any atom is -0.351 e. The predicted molar refractivity (Wildman–Crippen MR) is 104 cm³/mol. The molecule has 0 radical (unpaired) electrons. The van der Waals surface area contributed by atoms with Crippen molar-refractivity contribution in [1.29, 1.82) is 0 Å². The Labute approximate surface area is 152 Å². The van der Waals surface area contributed by atoms with Gasteiger partial charge in [-0.3, -0.25) is 9.10 Å². The number of rotatable bonds is 7. The molecule has 0 heterocycles. The molecule has 0 saturated heterocycles. The number of sulfonamides is 1. The van der Waals surface area contributed by atoms with E-state index in [2.05, 4.69) is 5.32 Å². The number of anilines is 1. The molecule has 0 bridgehead atoms. The average Bonchev–Trinajstić information content (AvgIpc) is 2.40. The highest BCUT2D eigenvalue weighted by atomic mass is 32.2. The Bertz CT molecular complexity index is 683. The standard InChI is InChI=1S/C19H32N2O3S/c1-12(2)18(13(3)4)20-19(22)16(7)21(25(8,23)24)17-10-14(5)9-15(6)11-17/h9-13,16,18H,1-8H3,(H,20,22)/t16-/m1/s1. The van der Waals surface area contributed by atoms with Crippen LogP contribution in [0.5, 0.6) is 0 Å². The molecule has 0 saturated carbocycles. The zero-order chi connectivity index (χ0) is 19.5. The lowest BCUT2D eigenvalue weighted by molar-refractivity contribution is -0.123. The third kappa shape index (κ3) is 5.73. The number of aryl methyl sites for hydroxylation is 2. The van der Waals surface area contributed by atoms with E-state index >= 15 is 0 Å². The van der Waals surface area contributed by atoms with Crippen LogP contribution in [0.15, 0.2) is 18.2 Å². The van der Waals surface area contributed by atoms with Crippen LogP contribution in [0.1, 0.15) is 45.7 Å². The second kappa shape index (κ2) is 8.21. The first-order valence-electron chi connectivity index (χ1n) is 8.72. The monoisotopic (exact) mass is 368 g/mol. The summed E-state index contributed by atoms with van der Waals surface area (Å²) < 4.78 is 26.0. The number of amides is 1. The van der Waals surface area contributed by atoms with Crippen molar-refractivity contribution in [3.05, 3.63) is 29.3 Å². The van der Waals surface area contributed by atoms with E-state index in [0.29, 0.717) is 5.69 Å². The first kappa shape index (κ1) is 21.5. The summed E-state index contributed by atoms with van der Waals surface area (Å²) in [4.78, 5) is 12.8. The highest BCUT2D eigenvalue weighted by Gasteiger charge is 2.31. The van der Waals surface area contributed by atoms with Crippen molar-refractivity contribution in [2.45, 2.75) is 60.5 Å². The molecule has 1 atom stereocenters. The van der Waals surface area contributed by atoms with Crippen molar-refractivity contribution >= 4 is 21.6 Å². The lowest BCUT2D eigenvalue weighted by Gasteiger charge is -2.32. The average molecular weight is 369 g/mol. The van der Waals surface area contributed by atoms with E-state index in [0.717, 1.165) is 17.4 Å². The van der Waals surface area contributed by atoms with Crippen molar-refractivity contribution in [3.63, 3.8) is 0 Å². The lowest BCUT2D eigenvalue weighted by Crippen LogP contribution is -2.52. The zero-order valence-electron chi connectivity index (χ0n) is 16.6. The number of hydrogen-bond acceptors (Lipinski definition) is 3. The van der Waals surface area contributed by atoms with Gasteiger partial charge in [0.05, 0.1) is 11.9 Å². The molecule has 0 aliphatic heterocycles. The molecule has 0 unspecified atom stereocenters. The van der Waals surface area contributed by atoms with Crippen LogP contribution >= 0.6 is 0 Å². The van der Waals surface area contributed by atoms with E-state index in [-0.39, 0.29) is 23.8 Å².